The van der Waals surface area contributed by atoms with Crippen LogP contribution in [0.25, 0.3) is 5.70 Å². The summed E-state index contributed by atoms with van der Waals surface area (Å²) in [6, 6.07) is 6.44. The third kappa shape index (κ3) is 7.67. The summed E-state index contributed by atoms with van der Waals surface area (Å²) in [4.78, 5) is 0.668. The summed E-state index contributed by atoms with van der Waals surface area (Å²) >= 11 is 13.3. The summed E-state index contributed by atoms with van der Waals surface area (Å²) in [6.07, 6.45) is -1.82. The van der Waals surface area contributed by atoms with Crippen molar-refractivity contribution in [3.05, 3.63) is 69.6 Å². The van der Waals surface area contributed by atoms with Gasteiger partial charge in [-0.3, -0.25) is 0 Å². The maximum Gasteiger partial charge on any atom is 0.194 e. The maximum absolute atomic E-state index is 13.4. The molecule has 1 aliphatic heterocycles. The topological polar surface area (TPSA) is 97.0 Å². The van der Waals surface area contributed by atoms with Crippen LogP contribution in [0.3, 0.4) is 0 Å². The predicted molar refractivity (Wildman–Crippen MR) is 127 cm³/mol. The van der Waals surface area contributed by atoms with Crippen molar-refractivity contribution < 1.29 is 32.9 Å². The summed E-state index contributed by atoms with van der Waals surface area (Å²) in [5.41, 5.74) is 5.01. The van der Waals surface area contributed by atoms with E-state index in [1.165, 1.54) is 18.0 Å². The number of hydrogen-bond donors (Lipinski definition) is 4. The van der Waals surface area contributed by atoms with E-state index in [-0.39, 0.29) is 17.8 Å². The van der Waals surface area contributed by atoms with Crippen molar-refractivity contribution >= 4 is 40.7 Å². The second kappa shape index (κ2) is 13.4. The number of nitrogens with one attached hydrogen (secondary N) is 1. The van der Waals surface area contributed by atoms with Gasteiger partial charge in [-0.15, -0.1) is 0 Å². The highest BCUT2D eigenvalue weighted by atomic mass is 35.5. The highest BCUT2D eigenvalue weighted by Crippen LogP contribution is 2.35. The van der Waals surface area contributed by atoms with Gasteiger partial charge < -0.3 is 30.7 Å². The SMILES string of the molecule is CC.N/C(=C\NC[C@@H]1OC(O)C(CO)OC1Sc1cc(Cl)cc(Cl)c1)c1cc(F)c(F)c(F)c1. The zero-order valence-electron chi connectivity index (χ0n) is 18.3. The van der Waals surface area contributed by atoms with Gasteiger partial charge in [0.15, 0.2) is 23.7 Å². The molecule has 6 nitrogen and oxygen atoms in total. The number of hydrogen-bond acceptors (Lipinski definition) is 7. The van der Waals surface area contributed by atoms with Crippen molar-refractivity contribution in [1.82, 2.24) is 5.32 Å². The molecule has 0 bridgehead atoms. The molecule has 1 heterocycles. The molecular formula is C22H25Cl2F3N2O4S. The Labute approximate surface area is 209 Å². The Balaban J connectivity index is 0.00000199. The van der Waals surface area contributed by atoms with Crippen molar-refractivity contribution in [2.24, 2.45) is 5.73 Å². The average Bonchev–Trinajstić information content (AvgIpc) is 2.79. The van der Waals surface area contributed by atoms with Gasteiger partial charge in [0, 0.05) is 33.2 Å². The molecule has 3 unspecified atom stereocenters. The van der Waals surface area contributed by atoms with E-state index in [1.54, 1.807) is 18.2 Å². The lowest BCUT2D eigenvalue weighted by Gasteiger charge is -2.38. The molecule has 34 heavy (non-hydrogen) atoms. The number of aliphatic hydroxyl groups excluding tert-OH is 2. The van der Waals surface area contributed by atoms with Gasteiger partial charge in [-0.25, -0.2) is 13.2 Å². The number of ether oxygens (including phenoxy) is 2. The largest absolute Gasteiger partial charge is 0.397 e. The number of benzene rings is 2. The van der Waals surface area contributed by atoms with E-state index >= 15 is 0 Å². The van der Waals surface area contributed by atoms with E-state index in [2.05, 4.69) is 5.32 Å². The molecule has 0 spiro atoms. The average molecular weight is 541 g/mol. The molecule has 2 aromatic rings. The second-order valence-corrected chi connectivity index (χ2v) is 8.82. The smallest absolute Gasteiger partial charge is 0.194 e. The molecule has 4 atom stereocenters. The highest BCUT2D eigenvalue weighted by molar-refractivity contribution is 7.99. The lowest BCUT2D eigenvalue weighted by Crippen LogP contribution is -2.52. The van der Waals surface area contributed by atoms with Crippen LogP contribution in [0, 0.1) is 17.5 Å². The quantitative estimate of drug-likeness (QED) is 0.384. The first-order chi connectivity index (χ1) is 16.2. The van der Waals surface area contributed by atoms with Gasteiger partial charge in [0.25, 0.3) is 0 Å². The van der Waals surface area contributed by atoms with E-state index < -0.39 is 48.0 Å². The van der Waals surface area contributed by atoms with Crippen molar-refractivity contribution in [2.45, 2.75) is 42.7 Å². The van der Waals surface area contributed by atoms with Crippen LogP contribution in [-0.2, 0) is 9.47 Å². The van der Waals surface area contributed by atoms with Crippen molar-refractivity contribution in [3.8, 4) is 0 Å². The molecule has 5 N–H and O–H groups in total. The van der Waals surface area contributed by atoms with Crippen LogP contribution >= 0.6 is 35.0 Å². The first-order valence-electron chi connectivity index (χ1n) is 10.2. The zero-order chi connectivity index (χ0) is 25.4. The van der Waals surface area contributed by atoms with Crippen molar-refractivity contribution in [3.63, 3.8) is 0 Å². The maximum atomic E-state index is 13.4. The van der Waals surface area contributed by atoms with E-state index in [1.807, 2.05) is 13.8 Å². The molecule has 0 aliphatic carbocycles. The normalized spacial score (nSPS) is 22.7. The first kappa shape index (κ1) is 28.6. The fourth-order valence-electron chi connectivity index (χ4n) is 2.86. The highest BCUT2D eigenvalue weighted by Gasteiger charge is 2.38. The van der Waals surface area contributed by atoms with Gasteiger partial charge in [-0.05, 0) is 30.3 Å². The van der Waals surface area contributed by atoms with E-state index in [0.29, 0.717) is 14.9 Å². The fourth-order valence-corrected chi connectivity index (χ4v) is 4.68. The standard InChI is InChI=1S/C20H19Cl2F3N2O4S.C2H6/c21-10-3-11(22)5-12(4-10)32-20-16(30-19(29)17(8-28)31-20)7-27-6-15(26)9-1-13(23)18(25)14(24)2-9;1-2/h1-6,16-17,19-20,27-29H,7-8,26H2;1-2H3/b15-6-;/t16-,17?,19?,20?;/m0./s1. The molecule has 0 aromatic heterocycles. The minimum atomic E-state index is -1.59. The van der Waals surface area contributed by atoms with Crippen LogP contribution < -0.4 is 11.1 Å². The second-order valence-electron chi connectivity index (χ2n) is 6.78. The Morgan fingerprint density at radius 2 is 1.65 bits per heavy atom. The van der Waals surface area contributed by atoms with Gasteiger partial charge in [0.05, 0.1) is 12.3 Å². The Hall–Kier alpha value is -1.66. The monoisotopic (exact) mass is 540 g/mol. The van der Waals surface area contributed by atoms with Gasteiger partial charge in [0.1, 0.15) is 17.6 Å². The van der Waals surface area contributed by atoms with Crippen LogP contribution in [-0.4, -0.2) is 47.3 Å². The number of aliphatic hydroxyl groups is 2. The number of halogens is 5. The third-order valence-electron chi connectivity index (χ3n) is 4.41. The van der Waals surface area contributed by atoms with Crippen LogP contribution in [0.1, 0.15) is 19.4 Å². The third-order valence-corrected chi connectivity index (χ3v) is 6.00. The Bertz CT molecular complexity index is 959. The number of thioether (sulfide) groups is 1. The molecule has 3 rings (SSSR count). The molecule has 0 radical (unpaired) electrons. The predicted octanol–water partition coefficient (Wildman–Crippen LogP) is 4.50. The summed E-state index contributed by atoms with van der Waals surface area (Å²) in [7, 11) is 0. The lowest BCUT2D eigenvalue weighted by molar-refractivity contribution is -0.270. The summed E-state index contributed by atoms with van der Waals surface area (Å²) in [5, 5.41) is 23.1. The number of rotatable bonds is 7. The van der Waals surface area contributed by atoms with Crippen LogP contribution in [0.15, 0.2) is 41.4 Å². The summed E-state index contributed by atoms with van der Waals surface area (Å²) in [6.45, 7) is 3.59. The molecule has 188 valence electrons. The minimum absolute atomic E-state index is 0.0564. The Kier molecular flexibility index (Phi) is 11.3. The Morgan fingerprint density at radius 1 is 1.06 bits per heavy atom. The summed E-state index contributed by atoms with van der Waals surface area (Å²) in [5.74, 6) is -4.32. The van der Waals surface area contributed by atoms with Gasteiger partial charge >= 0.3 is 0 Å². The molecule has 1 aliphatic rings. The van der Waals surface area contributed by atoms with Crippen LogP contribution in [0.2, 0.25) is 10.0 Å². The van der Waals surface area contributed by atoms with E-state index in [4.69, 9.17) is 38.4 Å². The van der Waals surface area contributed by atoms with Crippen molar-refractivity contribution in [1.29, 1.82) is 0 Å². The fraction of sp³-hybridized carbons (Fsp3) is 0.364. The molecule has 0 saturated carbocycles. The Morgan fingerprint density at radius 3 is 2.21 bits per heavy atom. The number of nitrogens with two attached hydrogens (primary N) is 1. The molecule has 2 aromatic carbocycles. The first-order valence-corrected chi connectivity index (χ1v) is 11.9. The zero-order valence-corrected chi connectivity index (χ0v) is 20.6. The van der Waals surface area contributed by atoms with Crippen LogP contribution in [0.4, 0.5) is 13.2 Å². The van der Waals surface area contributed by atoms with E-state index in [0.717, 1.165) is 12.1 Å². The van der Waals surface area contributed by atoms with Crippen LogP contribution in [0.5, 0.6) is 0 Å². The molecular weight excluding hydrogens is 516 g/mol. The van der Waals surface area contributed by atoms with Gasteiger partial charge in [-0.2, -0.15) is 0 Å². The van der Waals surface area contributed by atoms with E-state index in [9.17, 15) is 23.4 Å². The van der Waals surface area contributed by atoms with Crippen molar-refractivity contribution in [2.75, 3.05) is 13.2 Å². The minimum Gasteiger partial charge on any atom is -0.397 e. The lowest BCUT2D eigenvalue weighted by atomic mass is 10.1. The molecule has 1 saturated heterocycles. The molecule has 0 amide bonds. The molecule has 1 fully saturated rings. The van der Waals surface area contributed by atoms with Gasteiger partial charge in [0.2, 0.25) is 0 Å². The van der Waals surface area contributed by atoms with Gasteiger partial charge in [-0.1, -0.05) is 48.8 Å². The summed E-state index contributed by atoms with van der Waals surface area (Å²) < 4.78 is 51.3. The molecule has 12 heteroatoms.